The molecule has 0 aromatic carbocycles. The van der Waals surface area contributed by atoms with E-state index < -0.39 is 5.97 Å². The fourth-order valence-corrected chi connectivity index (χ4v) is 0.844. The quantitative estimate of drug-likeness (QED) is 0.482. The maximum atomic E-state index is 10.1. The molecule has 0 aromatic heterocycles. The van der Waals surface area contributed by atoms with Gasteiger partial charge in [0, 0.05) is 7.11 Å². The van der Waals surface area contributed by atoms with Gasteiger partial charge in [0.05, 0.1) is 52.7 Å². The van der Waals surface area contributed by atoms with Gasteiger partial charge in [0.15, 0.2) is 0 Å². The zero-order valence-corrected chi connectivity index (χ0v) is 10.4. The van der Waals surface area contributed by atoms with Gasteiger partial charge in [-0.3, -0.25) is 4.79 Å². The second-order valence-corrected chi connectivity index (χ2v) is 2.97. The van der Waals surface area contributed by atoms with Crippen LogP contribution in [0.25, 0.3) is 0 Å². The van der Waals surface area contributed by atoms with Crippen molar-refractivity contribution in [1.29, 1.82) is 0 Å². The Morgan fingerprint density at radius 1 is 0.882 bits per heavy atom. The first-order valence-electron chi connectivity index (χ1n) is 5.21. The van der Waals surface area contributed by atoms with E-state index in [0.29, 0.717) is 39.6 Å². The smallest absolute Gasteiger partial charge is 0.305 e. The normalized spacial score (nSPS) is 9.94. The summed E-state index contributed by atoms with van der Waals surface area (Å²) in [6, 6.07) is 0. The number of carboxylic acids is 1. The number of hydrogen-bond acceptors (Lipinski definition) is 6. The Morgan fingerprint density at radius 3 is 1.71 bits per heavy atom. The topological polar surface area (TPSA) is 109 Å². The first-order valence-corrected chi connectivity index (χ1v) is 5.21. The van der Waals surface area contributed by atoms with Crippen molar-refractivity contribution >= 4 is 5.97 Å². The van der Waals surface area contributed by atoms with Crippen molar-refractivity contribution in [1.82, 2.24) is 6.15 Å². The molecule has 0 heterocycles. The van der Waals surface area contributed by atoms with E-state index in [1.807, 2.05) is 0 Å². The van der Waals surface area contributed by atoms with Gasteiger partial charge in [-0.2, -0.15) is 0 Å². The lowest BCUT2D eigenvalue weighted by Gasteiger charge is -2.05. The summed E-state index contributed by atoms with van der Waals surface area (Å²) >= 11 is 0. The zero-order valence-electron chi connectivity index (χ0n) is 10.4. The van der Waals surface area contributed by atoms with Gasteiger partial charge in [0.1, 0.15) is 0 Å². The van der Waals surface area contributed by atoms with Crippen LogP contribution >= 0.6 is 0 Å². The number of carboxylic acid groups (broad SMARTS) is 1. The lowest BCUT2D eigenvalue weighted by Crippen LogP contribution is -2.12. The Bertz CT molecular complexity index is 167. The first kappa shape index (κ1) is 18.6. The third kappa shape index (κ3) is 17.9. The number of aliphatic carboxylic acids is 1. The molecule has 0 spiro atoms. The summed E-state index contributed by atoms with van der Waals surface area (Å²) in [7, 11) is 1.62. The van der Waals surface area contributed by atoms with Gasteiger partial charge in [0.2, 0.25) is 0 Å². The molecule has 0 saturated carbocycles. The second kappa shape index (κ2) is 15.3. The molecular formula is C10H23NO6. The Kier molecular flexibility index (Phi) is 16.7. The first-order chi connectivity index (χ1) is 7.77. The van der Waals surface area contributed by atoms with Crippen molar-refractivity contribution in [3.8, 4) is 0 Å². The molecule has 0 amide bonds. The van der Waals surface area contributed by atoms with Crippen LogP contribution in [0.1, 0.15) is 6.42 Å². The summed E-state index contributed by atoms with van der Waals surface area (Å²) in [5.41, 5.74) is 0. The van der Waals surface area contributed by atoms with Crippen molar-refractivity contribution in [3.63, 3.8) is 0 Å². The summed E-state index contributed by atoms with van der Waals surface area (Å²) in [5, 5.41) is 8.32. The van der Waals surface area contributed by atoms with Gasteiger partial charge < -0.3 is 30.2 Å². The SMILES string of the molecule is COCCOCCOCCOCCC(=O)O.N. The Labute approximate surface area is 102 Å². The molecule has 17 heavy (non-hydrogen) atoms. The highest BCUT2D eigenvalue weighted by Gasteiger charge is 1.96. The van der Waals surface area contributed by atoms with Crippen LogP contribution < -0.4 is 6.15 Å². The fourth-order valence-electron chi connectivity index (χ4n) is 0.844. The number of carbonyl (C=O) groups is 1. The van der Waals surface area contributed by atoms with Crippen molar-refractivity contribution < 1.29 is 28.8 Å². The Morgan fingerprint density at radius 2 is 1.29 bits per heavy atom. The Hall–Kier alpha value is -0.730. The number of hydrogen-bond donors (Lipinski definition) is 2. The molecule has 104 valence electrons. The number of ether oxygens (including phenoxy) is 4. The molecular weight excluding hydrogens is 230 g/mol. The molecule has 0 bridgehead atoms. The number of rotatable bonds is 12. The molecule has 0 aliphatic rings. The monoisotopic (exact) mass is 253 g/mol. The van der Waals surface area contributed by atoms with E-state index >= 15 is 0 Å². The van der Waals surface area contributed by atoms with Gasteiger partial charge in [0.25, 0.3) is 0 Å². The third-order valence-electron chi connectivity index (χ3n) is 1.64. The van der Waals surface area contributed by atoms with Crippen LogP contribution in [0.15, 0.2) is 0 Å². The highest BCUT2D eigenvalue weighted by Crippen LogP contribution is 1.84. The summed E-state index contributed by atoms with van der Waals surface area (Å²) in [5.74, 6) is -0.854. The predicted molar refractivity (Wildman–Crippen MR) is 61.6 cm³/mol. The van der Waals surface area contributed by atoms with Gasteiger partial charge in [-0.15, -0.1) is 0 Å². The lowest BCUT2D eigenvalue weighted by molar-refractivity contribution is -0.138. The second-order valence-electron chi connectivity index (χ2n) is 2.97. The van der Waals surface area contributed by atoms with Gasteiger partial charge >= 0.3 is 5.97 Å². The van der Waals surface area contributed by atoms with Crippen LogP contribution in [0.4, 0.5) is 0 Å². The Balaban J connectivity index is 0. The third-order valence-corrected chi connectivity index (χ3v) is 1.64. The molecule has 7 nitrogen and oxygen atoms in total. The van der Waals surface area contributed by atoms with E-state index in [2.05, 4.69) is 0 Å². The molecule has 4 N–H and O–H groups in total. The minimum Gasteiger partial charge on any atom is -0.481 e. The molecule has 0 rings (SSSR count). The molecule has 0 radical (unpaired) electrons. The lowest BCUT2D eigenvalue weighted by atomic mass is 10.5. The van der Waals surface area contributed by atoms with E-state index in [4.69, 9.17) is 24.1 Å². The summed E-state index contributed by atoms with van der Waals surface area (Å²) in [6.07, 6.45) is 0.0279. The predicted octanol–water partition coefficient (Wildman–Crippen LogP) is 0.319. The van der Waals surface area contributed by atoms with Gasteiger partial charge in [-0.25, -0.2) is 0 Å². The van der Waals surface area contributed by atoms with Crippen molar-refractivity contribution in [2.24, 2.45) is 0 Å². The van der Waals surface area contributed by atoms with Crippen LogP contribution in [0.5, 0.6) is 0 Å². The van der Waals surface area contributed by atoms with Crippen molar-refractivity contribution in [3.05, 3.63) is 0 Å². The number of methoxy groups -OCH3 is 1. The van der Waals surface area contributed by atoms with Crippen LogP contribution in [-0.4, -0.2) is 64.4 Å². The maximum Gasteiger partial charge on any atom is 0.305 e. The fraction of sp³-hybridized carbons (Fsp3) is 0.900. The van der Waals surface area contributed by atoms with E-state index in [9.17, 15) is 4.79 Å². The van der Waals surface area contributed by atoms with Crippen molar-refractivity contribution in [2.45, 2.75) is 6.42 Å². The average molecular weight is 253 g/mol. The van der Waals surface area contributed by atoms with E-state index in [1.54, 1.807) is 7.11 Å². The van der Waals surface area contributed by atoms with Crippen LogP contribution in [0.3, 0.4) is 0 Å². The van der Waals surface area contributed by atoms with E-state index in [-0.39, 0.29) is 19.2 Å². The summed E-state index contributed by atoms with van der Waals surface area (Å²) in [4.78, 5) is 10.1. The highest BCUT2D eigenvalue weighted by molar-refractivity contribution is 5.66. The zero-order chi connectivity index (χ0) is 12.1. The van der Waals surface area contributed by atoms with E-state index in [1.165, 1.54) is 0 Å². The van der Waals surface area contributed by atoms with E-state index in [0.717, 1.165) is 0 Å². The van der Waals surface area contributed by atoms with Crippen LogP contribution in [0, 0.1) is 0 Å². The molecule has 7 heteroatoms. The largest absolute Gasteiger partial charge is 0.481 e. The van der Waals surface area contributed by atoms with Crippen molar-refractivity contribution in [2.75, 3.05) is 53.4 Å². The summed E-state index contributed by atoms with van der Waals surface area (Å²) in [6.45, 7) is 3.26. The average Bonchev–Trinajstić information content (AvgIpc) is 2.25. The molecule has 0 atom stereocenters. The molecule has 0 fully saturated rings. The minimum atomic E-state index is -0.854. The molecule has 0 unspecified atom stereocenters. The van der Waals surface area contributed by atoms with Crippen LogP contribution in [0.2, 0.25) is 0 Å². The highest BCUT2D eigenvalue weighted by atomic mass is 16.6. The minimum absolute atomic E-state index is 0. The standard InChI is InChI=1S/C10H20O6.H3N/c1-13-4-5-15-8-9-16-7-6-14-3-2-10(11)12;/h2-9H2,1H3,(H,11,12);1H3. The maximum absolute atomic E-state index is 10.1. The van der Waals surface area contributed by atoms with Gasteiger partial charge in [-0.05, 0) is 0 Å². The molecule has 0 aliphatic heterocycles. The molecule has 0 aromatic rings. The van der Waals surface area contributed by atoms with Crippen LogP contribution in [-0.2, 0) is 23.7 Å². The summed E-state index contributed by atoms with van der Waals surface area (Å²) < 4.78 is 20.2. The van der Waals surface area contributed by atoms with Gasteiger partial charge in [-0.1, -0.05) is 0 Å². The molecule has 0 aliphatic carbocycles. The molecule has 0 saturated heterocycles.